The molecule has 5 heteroatoms. The monoisotopic (exact) mass is 352 g/mol. The molecule has 0 aliphatic carbocycles. The van der Waals surface area contributed by atoms with Crippen molar-refractivity contribution in [3.05, 3.63) is 30.1 Å². The van der Waals surface area contributed by atoms with Crippen LogP contribution in [0.1, 0.15) is 52.3 Å². The van der Waals surface area contributed by atoms with E-state index in [0.717, 1.165) is 53.6 Å². The van der Waals surface area contributed by atoms with Gasteiger partial charge in [0, 0.05) is 31.2 Å². The average molecular weight is 352 g/mol. The zero-order valence-electron chi connectivity index (χ0n) is 16.0. The molecule has 2 aromatic heterocycles. The van der Waals surface area contributed by atoms with Gasteiger partial charge in [0.15, 0.2) is 5.82 Å². The lowest BCUT2D eigenvalue weighted by Gasteiger charge is -2.11. The van der Waals surface area contributed by atoms with E-state index in [1.165, 1.54) is 0 Å². The molecule has 0 spiro atoms. The van der Waals surface area contributed by atoms with Gasteiger partial charge < -0.3 is 10.3 Å². The molecular weight excluding hydrogens is 324 g/mol. The van der Waals surface area contributed by atoms with Crippen molar-refractivity contribution in [3.8, 4) is 0 Å². The summed E-state index contributed by atoms with van der Waals surface area (Å²) in [4.78, 5) is 21.4. The van der Waals surface area contributed by atoms with Crippen molar-refractivity contribution < 1.29 is 4.79 Å². The average Bonchev–Trinajstić information content (AvgIpc) is 2.94. The van der Waals surface area contributed by atoms with Crippen molar-refractivity contribution in [2.75, 3.05) is 5.73 Å². The Morgan fingerprint density at radius 1 is 1.23 bits per heavy atom. The molecule has 138 valence electrons. The quantitative estimate of drug-likeness (QED) is 0.647. The second kappa shape index (κ2) is 7.85. The van der Waals surface area contributed by atoms with E-state index < -0.39 is 0 Å². The summed E-state index contributed by atoms with van der Waals surface area (Å²) >= 11 is 0. The number of pyridine rings is 1. The summed E-state index contributed by atoms with van der Waals surface area (Å²) in [5.74, 6) is 2.27. The van der Waals surface area contributed by atoms with Gasteiger partial charge in [-0.25, -0.2) is 9.97 Å². The predicted molar refractivity (Wildman–Crippen MR) is 107 cm³/mol. The molecule has 0 radical (unpaired) electrons. The van der Waals surface area contributed by atoms with Crippen LogP contribution in [0.5, 0.6) is 0 Å². The van der Waals surface area contributed by atoms with Crippen LogP contribution in [0.2, 0.25) is 0 Å². The van der Waals surface area contributed by atoms with Gasteiger partial charge in [0.2, 0.25) is 0 Å². The fraction of sp³-hybridized carbons (Fsp3) is 0.476. The number of Topliss-reactive ketones (excluding diaryl/α,β-unsaturated/α-hetero) is 1. The lowest BCUT2D eigenvalue weighted by Crippen LogP contribution is -2.08. The molecule has 0 saturated heterocycles. The van der Waals surface area contributed by atoms with Gasteiger partial charge in [-0.05, 0) is 24.8 Å². The highest BCUT2D eigenvalue weighted by atomic mass is 16.1. The molecule has 0 unspecified atom stereocenters. The highest BCUT2D eigenvalue weighted by Crippen LogP contribution is 2.29. The van der Waals surface area contributed by atoms with Crippen LogP contribution in [0, 0.1) is 5.92 Å². The Balaban J connectivity index is 1.99. The lowest BCUT2D eigenvalue weighted by atomic mass is 10.0. The van der Waals surface area contributed by atoms with Crippen molar-refractivity contribution >= 4 is 33.5 Å². The first kappa shape index (κ1) is 18.4. The molecule has 0 fully saturated rings. The molecule has 2 N–H and O–H groups in total. The number of hydrogen-bond acceptors (Lipinski definition) is 4. The number of rotatable bonds is 8. The smallest absolute Gasteiger partial charge is 0.152 e. The molecule has 3 rings (SSSR count). The lowest BCUT2D eigenvalue weighted by molar-refractivity contribution is -0.119. The fourth-order valence-electron chi connectivity index (χ4n) is 3.55. The minimum Gasteiger partial charge on any atom is -0.382 e. The number of fused-ring (bicyclic) bond motifs is 3. The van der Waals surface area contributed by atoms with Crippen LogP contribution in [0.3, 0.4) is 0 Å². The van der Waals surface area contributed by atoms with Gasteiger partial charge in [0.25, 0.3) is 0 Å². The number of nitrogens with two attached hydrogens (primary N) is 1. The Labute approximate surface area is 154 Å². The Morgan fingerprint density at radius 2 is 2.00 bits per heavy atom. The highest BCUT2D eigenvalue weighted by molar-refractivity contribution is 6.06. The molecule has 3 aromatic rings. The van der Waals surface area contributed by atoms with Crippen molar-refractivity contribution in [3.63, 3.8) is 0 Å². The number of para-hydroxylation sites is 1. The van der Waals surface area contributed by atoms with E-state index in [9.17, 15) is 4.79 Å². The number of aromatic nitrogens is 3. The van der Waals surface area contributed by atoms with Crippen LogP contribution in [-0.4, -0.2) is 20.3 Å². The van der Waals surface area contributed by atoms with Crippen LogP contribution in [0.25, 0.3) is 21.9 Å². The largest absolute Gasteiger partial charge is 0.382 e. The third-order valence-corrected chi connectivity index (χ3v) is 4.64. The Hall–Kier alpha value is -2.43. The maximum atomic E-state index is 12.1. The third-order valence-electron chi connectivity index (χ3n) is 4.64. The summed E-state index contributed by atoms with van der Waals surface area (Å²) in [5, 5.41) is 1.07. The van der Waals surface area contributed by atoms with E-state index in [2.05, 4.69) is 36.4 Å². The summed E-state index contributed by atoms with van der Waals surface area (Å²) in [5.41, 5.74) is 8.91. The summed E-state index contributed by atoms with van der Waals surface area (Å²) < 4.78 is 2.25. The number of nitrogens with zero attached hydrogens (tertiary/aromatic N) is 3. The zero-order valence-corrected chi connectivity index (χ0v) is 16.0. The predicted octanol–water partition coefficient (Wildman–Crippen LogP) is 4.51. The zero-order chi connectivity index (χ0) is 18.7. The second-order valence-corrected chi connectivity index (χ2v) is 7.38. The van der Waals surface area contributed by atoms with Crippen LogP contribution < -0.4 is 5.73 Å². The van der Waals surface area contributed by atoms with Gasteiger partial charge in [-0.3, -0.25) is 4.79 Å². The second-order valence-electron chi connectivity index (χ2n) is 7.38. The first-order chi connectivity index (χ1) is 12.5. The number of imidazole rings is 1. The maximum Gasteiger partial charge on any atom is 0.152 e. The summed E-state index contributed by atoms with van der Waals surface area (Å²) in [6.45, 7) is 7.10. The summed E-state index contributed by atoms with van der Waals surface area (Å²) in [6, 6.07) is 8.04. The Kier molecular flexibility index (Phi) is 5.55. The first-order valence-electron chi connectivity index (χ1n) is 9.56. The molecule has 26 heavy (non-hydrogen) atoms. The molecule has 5 nitrogen and oxygen atoms in total. The first-order valence-corrected chi connectivity index (χ1v) is 9.56. The molecule has 2 heterocycles. The van der Waals surface area contributed by atoms with E-state index in [0.29, 0.717) is 30.4 Å². The van der Waals surface area contributed by atoms with E-state index in [4.69, 9.17) is 10.7 Å². The van der Waals surface area contributed by atoms with Crippen LogP contribution in [-0.2, 0) is 17.8 Å². The van der Waals surface area contributed by atoms with E-state index in [1.54, 1.807) is 0 Å². The van der Waals surface area contributed by atoms with E-state index in [1.807, 2.05) is 18.2 Å². The van der Waals surface area contributed by atoms with Gasteiger partial charge in [-0.15, -0.1) is 0 Å². The van der Waals surface area contributed by atoms with Gasteiger partial charge in [-0.2, -0.15) is 0 Å². The van der Waals surface area contributed by atoms with Crippen LogP contribution in [0.4, 0.5) is 5.82 Å². The number of anilines is 1. The number of hydrogen-bond donors (Lipinski definition) is 1. The van der Waals surface area contributed by atoms with Crippen molar-refractivity contribution in [1.82, 2.24) is 14.5 Å². The minimum absolute atomic E-state index is 0.340. The number of ketones is 1. The van der Waals surface area contributed by atoms with Gasteiger partial charge in [0.05, 0.1) is 11.0 Å². The third kappa shape index (κ3) is 3.71. The Morgan fingerprint density at radius 3 is 2.73 bits per heavy atom. The highest BCUT2D eigenvalue weighted by Gasteiger charge is 2.17. The number of aryl methyl sites for hydroxylation is 2. The molecule has 0 aliphatic rings. The van der Waals surface area contributed by atoms with E-state index in [-0.39, 0.29) is 0 Å². The molecule has 0 saturated carbocycles. The topological polar surface area (TPSA) is 73.8 Å². The maximum absolute atomic E-state index is 12.1. The Bertz CT molecular complexity index is 927. The number of benzene rings is 1. The molecule has 0 atom stereocenters. The summed E-state index contributed by atoms with van der Waals surface area (Å²) in [7, 11) is 0. The van der Waals surface area contributed by atoms with Crippen molar-refractivity contribution in [2.45, 2.75) is 59.4 Å². The van der Waals surface area contributed by atoms with Gasteiger partial charge >= 0.3 is 0 Å². The molecule has 0 bridgehead atoms. The standard InChI is InChI=1S/C21H28N4O/c1-4-8-18-24-19-20(16-10-5-6-11-17(16)23-21(19)22)25(18)12-7-9-15(26)13-14(2)3/h5-6,10-11,14H,4,7-9,12-13H2,1-3H3,(H2,22,23). The number of carbonyl (C=O) groups is 1. The van der Waals surface area contributed by atoms with Crippen molar-refractivity contribution in [2.24, 2.45) is 5.92 Å². The van der Waals surface area contributed by atoms with E-state index >= 15 is 0 Å². The van der Waals surface area contributed by atoms with Crippen molar-refractivity contribution in [1.29, 1.82) is 0 Å². The van der Waals surface area contributed by atoms with Gasteiger partial charge in [-0.1, -0.05) is 39.0 Å². The molecule has 0 aliphatic heterocycles. The minimum atomic E-state index is 0.340. The number of carbonyl (C=O) groups excluding carboxylic acids is 1. The molecule has 0 amide bonds. The SMILES string of the molecule is CCCc1nc2c(N)nc3ccccc3c2n1CCCC(=O)CC(C)C. The van der Waals surface area contributed by atoms with Gasteiger partial charge in [0.1, 0.15) is 17.1 Å². The summed E-state index contributed by atoms with van der Waals surface area (Å²) in [6.07, 6.45) is 4.00. The normalized spacial score (nSPS) is 11.7. The molecule has 1 aromatic carbocycles. The van der Waals surface area contributed by atoms with Crippen LogP contribution in [0.15, 0.2) is 24.3 Å². The fourth-order valence-corrected chi connectivity index (χ4v) is 3.55. The molecular formula is C21H28N4O. The van der Waals surface area contributed by atoms with Crippen LogP contribution >= 0.6 is 0 Å². The number of nitrogen functional groups attached to an aromatic ring is 1.